The van der Waals surface area contributed by atoms with E-state index in [2.05, 4.69) is 67.5 Å². The van der Waals surface area contributed by atoms with Crippen molar-refractivity contribution in [1.82, 2.24) is 9.36 Å². The zero-order valence-electron chi connectivity index (χ0n) is 16.3. The third-order valence-corrected chi connectivity index (χ3v) is 6.38. The molecule has 0 radical (unpaired) electrons. The van der Waals surface area contributed by atoms with Gasteiger partial charge in [0.05, 0.1) is 17.1 Å². The van der Waals surface area contributed by atoms with Crippen molar-refractivity contribution in [2.24, 2.45) is 18.4 Å². The van der Waals surface area contributed by atoms with Crippen LogP contribution in [0.2, 0.25) is 0 Å². The van der Waals surface area contributed by atoms with E-state index in [0.717, 1.165) is 17.4 Å². The molecule has 5 rings (SSSR count). The van der Waals surface area contributed by atoms with Crippen molar-refractivity contribution in [1.29, 1.82) is 0 Å². The molecule has 2 heterocycles. The highest BCUT2D eigenvalue weighted by molar-refractivity contribution is 5.81. The second-order valence-electron chi connectivity index (χ2n) is 9.08. The number of aromatic nitrogens is 2. The Morgan fingerprint density at radius 1 is 1.08 bits per heavy atom. The van der Waals surface area contributed by atoms with E-state index in [1.807, 2.05) is 0 Å². The topological polar surface area (TPSA) is 23.0 Å². The molecule has 0 saturated carbocycles. The summed E-state index contributed by atoms with van der Waals surface area (Å²) in [5.41, 5.74) is 6.57. The average Bonchev–Trinajstić information content (AvgIpc) is 2.97. The van der Waals surface area contributed by atoms with Crippen molar-refractivity contribution < 1.29 is 4.42 Å². The van der Waals surface area contributed by atoms with Crippen molar-refractivity contribution in [2.75, 3.05) is 0 Å². The molecule has 0 bridgehead atoms. The second-order valence-corrected chi connectivity index (χ2v) is 9.08. The van der Waals surface area contributed by atoms with Gasteiger partial charge >= 0.3 is 0 Å². The first-order valence-electron chi connectivity index (χ1n) is 9.94. The van der Waals surface area contributed by atoms with Gasteiger partial charge in [0.25, 0.3) is 0 Å². The van der Waals surface area contributed by atoms with Crippen molar-refractivity contribution >= 4 is 23.1 Å². The molecule has 0 saturated heterocycles. The van der Waals surface area contributed by atoms with Gasteiger partial charge in [0.15, 0.2) is 0 Å². The molecule has 1 unspecified atom stereocenters. The van der Waals surface area contributed by atoms with Crippen LogP contribution in [-0.2, 0) is 19.9 Å². The van der Waals surface area contributed by atoms with Crippen molar-refractivity contribution in [3.05, 3.63) is 40.2 Å². The van der Waals surface area contributed by atoms with Crippen molar-refractivity contribution in [3.63, 3.8) is 0 Å². The van der Waals surface area contributed by atoms with Crippen LogP contribution in [0.1, 0.15) is 51.4 Å². The minimum Gasteiger partial charge on any atom is -0.456 e. The van der Waals surface area contributed by atoms with Gasteiger partial charge in [-0.1, -0.05) is 26.8 Å². The molecule has 136 valence electrons. The lowest BCUT2D eigenvalue weighted by atomic mass is 9.77. The van der Waals surface area contributed by atoms with Crippen LogP contribution >= 0.6 is 0 Å². The number of hydrogen-bond donors (Lipinski definition) is 0. The van der Waals surface area contributed by atoms with Crippen LogP contribution in [0.4, 0.5) is 0 Å². The van der Waals surface area contributed by atoms with E-state index >= 15 is 0 Å². The second kappa shape index (κ2) is 5.42. The number of hydrogen-bond acceptors (Lipinski definition) is 1. The quantitative estimate of drug-likeness (QED) is 0.650. The van der Waals surface area contributed by atoms with Gasteiger partial charge in [0.1, 0.15) is 11.0 Å². The Balaban J connectivity index is 1.63. The zero-order chi connectivity index (χ0) is 18.1. The average molecular weight is 348 g/mol. The smallest absolute Gasteiger partial charge is 0.137 e. The van der Waals surface area contributed by atoms with Gasteiger partial charge in [-0.05, 0) is 61.6 Å². The molecular formula is C23H28N2O. The monoisotopic (exact) mass is 348 g/mol. The Labute approximate surface area is 154 Å². The SMILES string of the molecule is Cn1c2c(n1-c1ccc3c4c(oc3c1)=CC(C(C)(C)C)CC=4)CCCC2. The van der Waals surface area contributed by atoms with Crippen LogP contribution in [0.3, 0.4) is 0 Å². The minimum absolute atomic E-state index is 0.266. The molecule has 1 atom stereocenters. The van der Waals surface area contributed by atoms with Gasteiger partial charge in [0.2, 0.25) is 0 Å². The Bertz CT molecular complexity index is 1110. The van der Waals surface area contributed by atoms with E-state index in [1.54, 1.807) is 0 Å². The van der Waals surface area contributed by atoms with E-state index in [0.29, 0.717) is 5.92 Å². The molecule has 0 fully saturated rings. The highest BCUT2D eigenvalue weighted by Crippen LogP contribution is 2.32. The third-order valence-electron chi connectivity index (χ3n) is 6.38. The summed E-state index contributed by atoms with van der Waals surface area (Å²) in [7, 11) is 2.18. The van der Waals surface area contributed by atoms with Crippen LogP contribution in [0.25, 0.3) is 28.8 Å². The Morgan fingerprint density at radius 2 is 1.85 bits per heavy atom. The number of fused-ring (bicyclic) bond motifs is 4. The summed E-state index contributed by atoms with van der Waals surface area (Å²) in [5, 5.41) is 2.52. The molecule has 1 aromatic carbocycles. The molecule has 0 amide bonds. The standard InChI is InChI=1S/C23H28N2O/c1-23(2,3)15-9-11-17-18-12-10-16(14-22(18)26-21(17)13-15)25-20-8-6-5-7-19(20)24(25)4/h10-15H,5-9H2,1-4H3. The van der Waals surface area contributed by atoms with Gasteiger partial charge in [-0.25, -0.2) is 0 Å². The van der Waals surface area contributed by atoms with Crippen molar-refractivity contribution in [2.45, 2.75) is 52.9 Å². The van der Waals surface area contributed by atoms with Gasteiger partial charge in [-0.3, -0.25) is 9.36 Å². The van der Waals surface area contributed by atoms with E-state index in [1.165, 1.54) is 53.4 Å². The first-order chi connectivity index (χ1) is 12.4. The van der Waals surface area contributed by atoms with Gasteiger partial charge in [-0.15, -0.1) is 0 Å². The van der Waals surface area contributed by atoms with Gasteiger partial charge < -0.3 is 4.42 Å². The minimum atomic E-state index is 0.266. The summed E-state index contributed by atoms with van der Waals surface area (Å²) in [4.78, 5) is 0. The lowest BCUT2D eigenvalue weighted by Crippen LogP contribution is -2.31. The van der Waals surface area contributed by atoms with Gasteiger partial charge in [-0.2, -0.15) is 0 Å². The molecule has 0 aliphatic heterocycles. The number of benzene rings is 1. The van der Waals surface area contributed by atoms with Crippen LogP contribution in [0, 0.1) is 11.3 Å². The molecule has 0 N–H and O–H groups in total. The highest BCUT2D eigenvalue weighted by atomic mass is 16.3. The van der Waals surface area contributed by atoms with E-state index in [9.17, 15) is 0 Å². The maximum absolute atomic E-state index is 6.30. The Hall–Kier alpha value is -2.16. The lowest BCUT2D eigenvalue weighted by molar-refractivity contribution is 0.311. The highest BCUT2D eigenvalue weighted by Gasteiger charge is 2.25. The van der Waals surface area contributed by atoms with Crippen molar-refractivity contribution in [3.8, 4) is 5.69 Å². The lowest BCUT2D eigenvalue weighted by Gasteiger charge is -2.32. The maximum Gasteiger partial charge on any atom is 0.137 e. The zero-order valence-corrected chi connectivity index (χ0v) is 16.3. The molecule has 3 nitrogen and oxygen atoms in total. The summed E-state index contributed by atoms with van der Waals surface area (Å²) in [6, 6.07) is 6.71. The van der Waals surface area contributed by atoms with Crippen LogP contribution in [0.5, 0.6) is 0 Å². The molecule has 3 heteroatoms. The maximum atomic E-state index is 6.30. The largest absolute Gasteiger partial charge is 0.456 e. The fourth-order valence-electron chi connectivity index (χ4n) is 4.73. The number of nitrogens with zero attached hydrogens (tertiary/aromatic N) is 2. The van der Waals surface area contributed by atoms with Crippen LogP contribution in [-0.4, -0.2) is 9.36 Å². The molecule has 0 spiro atoms. The number of furan rings is 1. The fourth-order valence-corrected chi connectivity index (χ4v) is 4.73. The molecule has 26 heavy (non-hydrogen) atoms. The fraction of sp³-hybridized carbons (Fsp3) is 0.478. The van der Waals surface area contributed by atoms with Crippen LogP contribution in [0.15, 0.2) is 22.6 Å². The normalized spacial score (nSPS) is 19.8. The number of rotatable bonds is 1. The van der Waals surface area contributed by atoms with Gasteiger partial charge in [0, 0.05) is 23.7 Å². The molecular weight excluding hydrogens is 320 g/mol. The summed E-state index contributed by atoms with van der Waals surface area (Å²) >= 11 is 0. The predicted octanol–water partition coefficient (Wildman–Crippen LogP) is 4.07. The molecule has 2 aromatic heterocycles. The summed E-state index contributed by atoms with van der Waals surface area (Å²) in [6.45, 7) is 6.93. The summed E-state index contributed by atoms with van der Waals surface area (Å²) in [6.07, 6.45) is 10.8. The Kier molecular flexibility index (Phi) is 3.34. The Morgan fingerprint density at radius 3 is 2.62 bits per heavy atom. The summed E-state index contributed by atoms with van der Waals surface area (Å²) < 4.78 is 11.0. The van der Waals surface area contributed by atoms with E-state index in [-0.39, 0.29) is 5.41 Å². The molecule has 3 aromatic rings. The summed E-state index contributed by atoms with van der Waals surface area (Å²) in [5.74, 6) is 0.534. The van der Waals surface area contributed by atoms with E-state index < -0.39 is 0 Å². The predicted molar refractivity (Wildman–Crippen MR) is 107 cm³/mol. The first kappa shape index (κ1) is 16.0. The van der Waals surface area contributed by atoms with Crippen LogP contribution < -0.4 is 10.6 Å². The van der Waals surface area contributed by atoms with E-state index in [4.69, 9.17) is 4.42 Å². The molecule has 2 aliphatic rings. The third kappa shape index (κ3) is 2.26. The first-order valence-corrected chi connectivity index (χ1v) is 9.94. The molecule has 2 aliphatic carbocycles.